The molecule has 2 aromatic carbocycles. The number of hydrogen-bond acceptors (Lipinski definition) is 5. The topological polar surface area (TPSA) is 110 Å². The molecule has 0 spiro atoms. The number of nitrogens with zero attached hydrogens (tertiary/aromatic N) is 3. The third kappa shape index (κ3) is 4.40. The van der Waals surface area contributed by atoms with E-state index in [9.17, 15) is 19.7 Å². The highest BCUT2D eigenvalue weighted by atomic mass is 35.5. The molecule has 2 amide bonds. The lowest BCUT2D eigenvalue weighted by molar-refractivity contribution is -0.384. The number of nitrogens with two attached hydrogens (primary N) is 1. The third-order valence-electron chi connectivity index (χ3n) is 4.67. The molecule has 0 aliphatic carbocycles. The number of hydrogen-bond donors (Lipinski definition) is 1. The van der Waals surface area contributed by atoms with E-state index < -0.39 is 4.92 Å². The maximum Gasteiger partial charge on any atom is 0.269 e. The molecule has 1 fully saturated rings. The zero-order chi connectivity index (χ0) is 19.6. The first-order chi connectivity index (χ1) is 12.9. The summed E-state index contributed by atoms with van der Waals surface area (Å²) in [7, 11) is 0. The van der Waals surface area contributed by atoms with Crippen LogP contribution in [0.2, 0.25) is 0 Å². The summed E-state index contributed by atoms with van der Waals surface area (Å²) in [5.74, 6) is -0.292. The molecule has 2 aromatic rings. The molecule has 8 nitrogen and oxygen atoms in total. The Morgan fingerprint density at radius 2 is 1.50 bits per heavy atom. The van der Waals surface area contributed by atoms with Crippen LogP contribution in [0.3, 0.4) is 0 Å². The maximum absolute atomic E-state index is 12.7. The molecule has 28 heavy (non-hydrogen) atoms. The van der Waals surface area contributed by atoms with Gasteiger partial charge in [0.25, 0.3) is 17.5 Å². The minimum atomic E-state index is -0.503. The number of piperazine rings is 1. The summed E-state index contributed by atoms with van der Waals surface area (Å²) in [5, 5.41) is 10.7. The fourth-order valence-corrected chi connectivity index (χ4v) is 3.06. The minimum Gasteiger partial charge on any atom is -0.399 e. The zero-order valence-electron chi connectivity index (χ0n) is 15.3. The number of anilines is 1. The van der Waals surface area contributed by atoms with E-state index in [0.717, 1.165) is 5.56 Å². The number of carbonyl (C=O) groups is 2. The van der Waals surface area contributed by atoms with Crippen LogP contribution in [0.5, 0.6) is 0 Å². The van der Waals surface area contributed by atoms with E-state index in [-0.39, 0.29) is 29.9 Å². The SMILES string of the molecule is Cc1ccc(N)cc1C(=O)N1CCN(C(=O)c2ccc([N+](=O)[O-])cc2)CC1.Cl. The van der Waals surface area contributed by atoms with Gasteiger partial charge in [-0.3, -0.25) is 19.7 Å². The van der Waals surface area contributed by atoms with Crippen molar-refractivity contribution >= 4 is 35.6 Å². The van der Waals surface area contributed by atoms with E-state index in [1.807, 2.05) is 13.0 Å². The molecular weight excluding hydrogens is 384 g/mol. The summed E-state index contributed by atoms with van der Waals surface area (Å²) in [6.45, 7) is 3.52. The Bertz CT molecular complexity index is 893. The van der Waals surface area contributed by atoms with Crippen LogP contribution in [0.25, 0.3) is 0 Å². The first kappa shape index (κ1) is 21.2. The lowest BCUT2D eigenvalue weighted by atomic mass is 10.1. The normalized spacial score (nSPS) is 13.6. The third-order valence-corrected chi connectivity index (χ3v) is 4.67. The molecular formula is C19H21ClN4O4. The van der Waals surface area contributed by atoms with Gasteiger partial charge in [0.15, 0.2) is 0 Å². The standard InChI is InChI=1S/C19H20N4O4.ClH/c1-13-2-5-15(20)12-17(13)19(25)22-10-8-21(9-11-22)18(24)14-3-6-16(7-4-14)23(26)27;/h2-7,12H,8-11,20H2,1H3;1H. The van der Waals surface area contributed by atoms with Crippen LogP contribution >= 0.6 is 12.4 Å². The maximum atomic E-state index is 12.7. The summed E-state index contributed by atoms with van der Waals surface area (Å²) in [6, 6.07) is 10.8. The van der Waals surface area contributed by atoms with Crippen LogP contribution in [-0.4, -0.2) is 52.7 Å². The molecule has 0 aromatic heterocycles. The van der Waals surface area contributed by atoms with Gasteiger partial charge in [-0.2, -0.15) is 0 Å². The lowest BCUT2D eigenvalue weighted by Gasteiger charge is -2.35. The molecule has 9 heteroatoms. The van der Waals surface area contributed by atoms with Crippen LogP contribution in [0.15, 0.2) is 42.5 Å². The number of aryl methyl sites for hydroxylation is 1. The number of carbonyl (C=O) groups excluding carboxylic acids is 2. The number of nitro benzene ring substituents is 1. The molecule has 0 bridgehead atoms. The molecule has 2 N–H and O–H groups in total. The van der Waals surface area contributed by atoms with Crippen LogP contribution in [0.1, 0.15) is 26.3 Å². The van der Waals surface area contributed by atoms with E-state index >= 15 is 0 Å². The fraction of sp³-hybridized carbons (Fsp3) is 0.263. The number of benzene rings is 2. The van der Waals surface area contributed by atoms with E-state index in [1.165, 1.54) is 24.3 Å². The van der Waals surface area contributed by atoms with Crippen molar-refractivity contribution in [2.75, 3.05) is 31.9 Å². The second-order valence-electron chi connectivity index (χ2n) is 6.46. The van der Waals surface area contributed by atoms with Crippen molar-refractivity contribution in [3.63, 3.8) is 0 Å². The van der Waals surface area contributed by atoms with Crippen molar-refractivity contribution in [1.82, 2.24) is 9.80 Å². The van der Waals surface area contributed by atoms with Gasteiger partial charge < -0.3 is 15.5 Å². The Morgan fingerprint density at radius 1 is 0.964 bits per heavy atom. The van der Waals surface area contributed by atoms with Gasteiger partial charge in [-0.15, -0.1) is 12.4 Å². The average molecular weight is 405 g/mol. The van der Waals surface area contributed by atoms with Crippen molar-refractivity contribution < 1.29 is 14.5 Å². The van der Waals surface area contributed by atoms with E-state index in [2.05, 4.69) is 0 Å². The Labute approximate surface area is 168 Å². The minimum absolute atomic E-state index is 0. The van der Waals surface area contributed by atoms with E-state index in [1.54, 1.807) is 21.9 Å². The quantitative estimate of drug-likeness (QED) is 0.480. The van der Waals surface area contributed by atoms with E-state index in [4.69, 9.17) is 5.73 Å². The van der Waals surface area contributed by atoms with Crippen LogP contribution < -0.4 is 5.73 Å². The van der Waals surface area contributed by atoms with Gasteiger partial charge >= 0.3 is 0 Å². The fourth-order valence-electron chi connectivity index (χ4n) is 3.06. The van der Waals surface area contributed by atoms with Crippen molar-refractivity contribution in [1.29, 1.82) is 0 Å². The van der Waals surface area contributed by atoms with Crippen LogP contribution in [0, 0.1) is 17.0 Å². The van der Waals surface area contributed by atoms with Crippen molar-refractivity contribution in [3.8, 4) is 0 Å². The summed E-state index contributed by atoms with van der Waals surface area (Å²) in [6.07, 6.45) is 0. The average Bonchev–Trinajstić information content (AvgIpc) is 2.69. The Balaban J connectivity index is 0.00000280. The highest BCUT2D eigenvalue weighted by molar-refractivity contribution is 5.97. The van der Waals surface area contributed by atoms with E-state index in [0.29, 0.717) is 43.0 Å². The number of nitrogen functional groups attached to an aromatic ring is 1. The molecule has 1 heterocycles. The molecule has 148 valence electrons. The Kier molecular flexibility index (Phi) is 6.58. The smallest absolute Gasteiger partial charge is 0.269 e. The second kappa shape index (κ2) is 8.71. The van der Waals surface area contributed by atoms with Gasteiger partial charge in [-0.1, -0.05) is 6.07 Å². The second-order valence-corrected chi connectivity index (χ2v) is 6.46. The first-order valence-corrected chi connectivity index (χ1v) is 8.56. The Hall–Kier alpha value is -3.13. The largest absolute Gasteiger partial charge is 0.399 e. The molecule has 1 saturated heterocycles. The van der Waals surface area contributed by atoms with Gasteiger partial charge in [0.2, 0.25) is 0 Å². The monoisotopic (exact) mass is 404 g/mol. The molecule has 0 atom stereocenters. The molecule has 1 aliphatic rings. The molecule has 1 aliphatic heterocycles. The first-order valence-electron chi connectivity index (χ1n) is 8.56. The zero-order valence-corrected chi connectivity index (χ0v) is 16.1. The van der Waals surface area contributed by atoms with Crippen molar-refractivity contribution in [2.45, 2.75) is 6.92 Å². The van der Waals surface area contributed by atoms with Gasteiger partial charge in [0, 0.05) is 55.1 Å². The number of amides is 2. The number of halogens is 1. The van der Waals surface area contributed by atoms with Gasteiger partial charge in [-0.25, -0.2) is 0 Å². The van der Waals surface area contributed by atoms with Gasteiger partial charge in [0.1, 0.15) is 0 Å². The number of rotatable bonds is 3. The number of nitro groups is 1. The molecule has 0 saturated carbocycles. The van der Waals surface area contributed by atoms with Crippen molar-refractivity contribution in [2.24, 2.45) is 0 Å². The predicted molar refractivity (Wildman–Crippen MR) is 108 cm³/mol. The van der Waals surface area contributed by atoms with Crippen LogP contribution in [0.4, 0.5) is 11.4 Å². The van der Waals surface area contributed by atoms with Crippen LogP contribution in [-0.2, 0) is 0 Å². The Morgan fingerprint density at radius 3 is 2.04 bits per heavy atom. The molecule has 0 unspecified atom stereocenters. The van der Waals surface area contributed by atoms with Gasteiger partial charge in [0.05, 0.1) is 4.92 Å². The highest BCUT2D eigenvalue weighted by Crippen LogP contribution is 2.18. The summed E-state index contributed by atoms with van der Waals surface area (Å²) in [5.41, 5.74) is 8.10. The van der Waals surface area contributed by atoms with Gasteiger partial charge in [-0.05, 0) is 36.8 Å². The number of non-ortho nitro benzene ring substituents is 1. The van der Waals surface area contributed by atoms with Crippen molar-refractivity contribution in [3.05, 3.63) is 69.3 Å². The predicted octanol–water partition coefficient (Wildman–Crippen LogP) is 2.51. The highest BCUT2D eigenvalue weighted by Gasteiger charge is 2.26. The summed E-state index contributed by atoms with van der Waals surface area (Å²) >= 11 is 0. The lowest BCUT2D eigenvalue weighted by Crippen LogP contribution is -2.50. The molecule has 3 rings (SSSR count). The summed E-state index contributed by atoms with van der Waals surface area (Å²) in [4.78, 5) is 38.9. The molecule has 0 radical (unpaired) electrons. The summed E-state index contributed by atoms with van der Waals surface area (Å²) < 4.78 is 0.